The SMILES string of the molecule is COc1ccc(C=NNC(=O)COCC(=O)NN=Cc2ccc(OC)c(OC)c2)cc1OC. The Hall–Kier alpha value is -4.12. The van der Waals surface area contributed by atoms with Crippen molar-refractivity contribution in [1.29, 1.82) is 0 Å². The molecule has 11 heteroatoms. The van der Waals surface area contributed by atoms with Crippen LogP contribution in [0.3, 0.4) is 0 Å². The minimum atomic E-state index is -0.520. The Morgan fingerprint density at radius 3 is 1.45 bits per heavy atom. The summed E-state index contributed by atoms with van der Waals surface area (Å²) in [4.78, 5) is 23.5. The Kier molecular flexibility index (Phi) is 10.2. The molecule has 0 fully saturated rings. The predicted octanol–water partition coefficient (Wildman–Crippen LogP) is 1.34. The van der Waals surface area contributed by atoms with Crippen molar-refractivity contribution in [2.45, 2.75) is 0 Å². The van der Waals surface area contributed by atoms with Crippen LogP contribution >= 0.6 is 0 Å². The van der Waals surface area contributed by atoms with E-state index in [2.05, 4.69) is 21.1 Å². The van der Waals surface area contributed by atoms with Gasteiger partial charge in [-0.2, -0.15) is 10.2 Å². The maximum atomic E-state index is 11.8. The summed E-state index contributed by atoms with van der Waals surface area (Å²) in [7, 11) is 6.12. The standard InChI is InChI=1S/C22H26N4O7/c1-29-17-7-5-15(9-19(17)31-3)11-23-25-21(27)13-33-14-22(28)26-24-12-16-6-8-18(30-2)20(10-16)32-4/h5-12H,13-14H2,1-4H3,(H,25,27)(H,26,28). The Morgan fingerprint density at radius 1 is 0.697 bits per heavy atom. The molecule has 0 spiro atoms. The number of benzene rings is 2. The number of nitrogens with one attached hydrogen (secondary N) is 2. The van der Waals surface area contributed by atoms with Crippen LogP contribution in [0.2, 0.25) is 0 Å². The second-order valence-corrected chi connectivity index (χ2v) is 6.31. The van der Waals surface area contributed by atoms with Gasteiger partial charge in [-0.3, -0.25) is 9.59 Å². The lowest BCUT2D eigenvalue weighted by molar-refractivity contribution is -0.130. The number of hydrazone groups is 2. The van der Waals surface area contributed by atoms with E-state index in [1.165, 1.54) is 40.9 Å². The van der Waals surface area contributed by atoms with Crippen molar-refractivity contribution in [2.24, 2.45) is 10.2 Å². The summed E-state index contributed by atoms with van der Waals surface area (Å²) in [5.41, 5.74) is 6.00. The van der Waals surface area contributed by atoms with E-state index in [0.717, 1.165) is 0 Å². The first kappa shape index (κ1) is 25.1. The number of carbonyl (C=O) groups is 2. The first-order valence-corrected chi connectivity index (χ1v) is 9.66. The van der Waals surface area contributed by atoms with Crippen LogP contribution in [0, 0.1) is 0 Å². The van der Waals surface area contributed by atoms with Gasteiger partial charge in [0.2, 0.25) is 0 Å². The Bertz CT molecular complexity index is 929. The van der Waals surface area contributed by atoms with Crippen molar-refractivity contribution in [3.8, 4) is 23.0 Å². The minimum Gasteiger partial charge on any atom is -0.493 e. The third-order valence-corrected chi connectivity index (χ3v) is 4.09. The van der Waals surface area contributed by atoms with Gasteiger partial charge in [-0.05, 0) is 47.5 Å². The van der Waals surface area contributed by atoms with E-state index in [0.29, 0.717) is 34.1 Å². The zero-order valence-electron chi connectivity index (χ0n) is 18.8. The highest BCUT2D eigenvalue weighted by molar-refractivity contribution is 5.85. The fraction of sp³-hybridized carbons (Fsp3) is 0.273. The molecule has 0 saturated carbocycles. The van der Waals surface area contributed by atoms with Crippen molar-refractivity contribution in [2.75, 3.05) is 41.7 Å². The van der Waals surface area contributed by atoms with Crippen molar-refractivity contribution >= 4 is 24.2 Å². The van der Waals surface area contributed by atoms with Crippen LogP contribution in [0.1, 0.15) is 11.1 Å². The summed E-state index contributed by atoms with van der Waals surface area (Å²) in [6, 6.07) is 10.4. The van der Waals surface area contributed by atoms with E-state index in [4.69, 9.17) is 23.7 Å². The number of carbonyl (C=O) groups excluding carboxylic acids is 2. The van der Waals surface area contributed by atoms with Gasteiger partial charge in [-0.15, -0.1) is 0 Å². The number of amides is 2. The van der Waals surface area contributed by atoms with Crippen LogP contribution in [0.5, 0.6) is 23.0 Å². The number of methoxy groups -OCH3 is 4. The molecule has 176 valence electrons. The molecule has 2 aromatic rings. The van der Waals surface area contributed by atoms with E-state index in [1.807, 2.05) is 0 Å². The summed E-state index contributed by atoms with van der Waals surface area (Å²) in [5.74, 6) is 1.20. The molecule has 0 aliphatic heterocycles. The zero-order valence-corrected chi connectivity index (χ0v) is 18.8. The van der Waals surface area contributed by atoms with Gasteiger partial charge in [0.05, 0.1) is 40.9 Å². The predicted molar refractivity (Wildman–Crippen MR) is 121 cm³/mol. The van der Waals surface area contributed by atoms with Crippen molar-refractivity contribution in [3.05, 3.63) is 47.5 Å². The topological polar surface area (TPSA) is 129 Å². The molecule has 0 aliphatic rings. The molecule has 11 nitrogen and oxygen atoms in total. The van der Waals surface area contributed by atoms with Crippen LogP contribution in [-0.4, -0.2) is 65.9 Å². The second-order valence-electron chi connectivity index (χ2n) is 6.31. The normalized spacial score (nSPS) is 10.8. The van der Waals surface area contributed by atoms with Gasteiger partial charge in [0.15, 0.2) is 23.0 Å². The van der Waals surface area contributed by atoms with Gasteiger partial charge in [0.25, 0.3) is 11.8 Å². The monoisotopic (exact) mass is 458 g/mol. The molecule has 2 rings (SSSR count). The molecule has 0 aromatic heterocycles. The van der Waals surface area contributed by atoms with Gasteiger partial charge in [-0.25, -0.2) is 10.9 Å². The lowest BCUT2D eigenvalue weighted by atomic mass is 10.2. The molecule has 2 N–H and O–H groups in total. The lowest BCUT2D eigenvalue weighted by Gasteiger charge is -2.07. The van der Waals surface area contributed by atoms with E-state index in [1.54, 1.807) is 36.4 Å². The summed E-state index contributed by atoms with van der Waals surface area (Å²) < 4.78 is 25.8. The van der Waals surface area contributed by atoms with Gasteiger partial charge < -0.3 is 23.7 Å². The van der Waals surface area contributed by atoms with Crippen LogP contribution < -0.4 is 29.8 Å². The summed E-state index contributed by atoms with van der Waals surface area (Å²) in [5, 5.41) is 7.67. The van der Waals surface area contributed by atoms with Crippen molar-refractivity contribution in [1.82, 2.24) is 10.9 Å². The molecule has 0 radical (unpaired) electrons. The van der Waals surface area contributed by atoms with E-state index >= 15 is 0 Å². The highest BCUT2D eigenvalue weighted by Gasteiger charge is 2.06. The van der Waals surface area contributed by atoms with E-state index in [9.17, 15) is 9.59 Å². The Balaban J connectivity index is 1.71. The molecule has 0 atom stereocenters. The van der Waals surface area contributed by atoms with E-state index in [-0.39, 0.29) is 13.2 Å². The maximum Gasteiger partial charge on any atom is 0.266 e. The van der Waals surface area contributed by atoms with Crippen molar-refractivity contribution in [3.63, 3.8) is 0 Å². The molecule has 0 bridgehead atoms. The number of ether oxygens (including phenoxy) is 5. The Labute approximate surface area is 191 Å². The van der Waals surface area contributed by atoms with Crippen LogP contribution in [0.15, 0.2) is 46.6 Å². The highest BCUT2D eigenvalue weighted by atomic mass is 16.5. The fourth-order valence-corrected chi connectivity index (χ4v) is 2.52. The number of rotatable bonds is 12. The summed E-state index contributed by atoms with van der Waals surface area (Å²) in [6.07, 6.45) is 2.88. The first-order chi connectivity index (χ1) is 16.0. The second kappa shape index (κ2) is 13.3. The average Bonchev–Trinajstić information content (AvgIpc) is 2.83. The largest absolute Gasteiger partial charge is 0.493 e. The average molecular weight is 458 g/mol. The van der Waals surface area contributed by atoms with Gasteiger partial charge >= 0.3 is 0 Å². The third kappa shape index (κ3) is 8.15. The molecule has 0 saturated heterocycles. The van der Waals surface area contributed by atoms with Crippen LogP contribution in [-0.2, 0) is 14.3 Å². The van der Waals surface area contributed by atoms with Crippen LogP contribution in [0.25, 0.3) is 0 Å². The van der Waals surface area contributed by atoms with Gasteiger partial charge in [-0.1, -0.05) is 0 Å². The molecular weight excluding hydrogens is 432 g/mol. The minimum absolute atomic E-state index is 0.351. The number of hydrogen-bond acceptors (Lipinski definition) is 9. The summed E-state index contributed by atoms with van der Waals surface area (Å²) in [6.45, 7) is -0.702. The molecule has 0 unspecified atom stereocenters. The lowest BCUT2D eigenvalue weighted by Crippen LogP contribution is -2.28. The van der Waals surface area contributed by atoms with Crippen molar-refractivity contribution < 1.29 is 33.3 Å². The zero-order chi connectivity index (χ0) is 24.1. The maximum absolute atomic E-state index is 11.8. The molecule has 2 amide bonds. The first-order valence-electron chi connectivity index (χ1n) is 9.66. The van der Waals surface area contributed by atoms with E-state index < -0.39 is 11.8 Å². The fourth-order valence-electron chi connectivity index (χ4n) is 2.52. The summed E-state index contributed by atoms with van der Waals surface area (Å²) >= 11 is 0. The smallest absolute Gasteiger partial charge is 0.266 e. The molecule has 33 heavy (non-hydrogen) atoms. The molecule has 0 heterocycles. The van der Waals surface area contributed by atoms with Crippen LogP contribution in [0.4, 0.5) is 0 Å². The number of hydrogen-bond donors (Lipinski definition) is 2. The third-order valence-electron chi connectivity index (χ3n) is 4.09. The molecule has 0 aliphatic carbocycles. The quantitative estimate of drug-likeness (QED) is 0.363. The Morgan fingerprint density at radius 2 is 1.09 bits per heavy atom. The number of nitrogens with zero attached hydrogens (tertiary/aromatic N) is 2. The molecule has 2 aromatic carbocycles. The molecular formula is C22H26N4O7. The van der Waals surface area contributed by atoms with Gasteiger partial charge in [0, 0.05) is 0 Å². The highest BCUT2D eigenvalue weighted by Crippen LogP contribution is 2.27. The van der Waals surface area contributed by atoms with Gasteiger partial charge in [0.1, 0.15) is 13.2 Å².